The molecule has 0 aromatic carbocycles. The maximum atomic E-state index is 11.9. The van der Waals surface area contributed by atoms with Gasteiger partial charge in [0.05, 0.1) is 18.6 Å². The van der Waals surface area contributed by atoms with Gasteiger partial charge in [-0.1, -0.05) is 12.8 Å². The van der Waals surface area contributed by atoms with E-state index in [2.05, 4.69) is 15.5 Å². The number of urea groups is 1. The fourth-order valence-corrected chi connectivity index (χ4v) is 2.69. The van der Waals surface area contributed by atoms with Crippen molar-refractivity contribution in [2.45, 2.75) is 37.6 Å². The molecule has 122 valence electrons. The first-order valence-corrected chi connectivity index (χ1v) is 7.43. The highest BCUT2D eigenvalue weighted by atomic mass is 16.5. The zero-order valence-corrected chi connectivity index (χ0v) is 13.0. The van der Waals surface area contributed by atoms with Gasteiger partial charge in [-0.15, -0.1) is 0 Å². The number of carbonyl (C=O) groups is 2. The van der Waals surface area contributed by atoms with Crippen LogP contribution in [-0.2, 0) is 9.53 Å². The second kappa shape index (κ2) is 8.84. The van der Waals surface area contributed by atoms with E-state index in [9.17, 15) is 9.59 Å². The summed E-state index contributed by atoms with van der Waals surface area (Å²) in [4.78, 5) is 24.9. The van der Waals surface area contributed by atoms with Crippen LogP contribution in [-0.4, -0.2) is 67.9 Å². The van der Waals surface area contributed by atoms with Crippen LogP contribution in [0.3, 0.4) is 0 Å². The molecule has 0 bridgehead atoms. The number of methoxy groups -OCH3 is 1. The summed E-state index contributed by atoms with van der Waals surface area (Å²) >= 11 is 0. The molecule has 1 aliphatic rings. The van der Waals surface area contributed by atoms with Crippen LogP contribution < -0.4 is 10.6 Å². The largest absolute Gasteiger partial charge is 0.481 e. The minimum atomic E-state index is -0.864. The van der Waals surface area contributed by atoms with E-state index >= 15 is 0 Å². The minimum Gasteiger partial charge on any atom is -0.481 e. The summed E-state index contributed by atoms with van der Waals surface area (Å²) in [5, 5.41) is 14.6. The number of ether oxygens (including phenoxy) is 1. The average Bonchev–Trinajstić information content (AvgIpc) is 2.83. The number of amides is 2. The van der Waals surface area contributed by atoms with Gasteiger partial charge >= 0.3 is 12.0 Å². The number of carboxylic acid groups (broad SMARTS) is 1. The minimum absolute atomic E-state index is 0.00579. The Labute approximate surface area is 126 Å². The van der Waals surface area contributed by atoms with E-state index in [1.807, 2.05) is 7.05 Å². The fraction of sp³-hybridized carbons (Fsp3) is 0.857. The second-order valence-corrected chi connectivity index (χ2v) is 5.73. The molecule has 0 heterocycles. The highest BCUT2D eigenvalue weighted by Gasteiger charge is 2.37. The van der Waals surface area contributed by atoms with E-state index in [1.54, 1.807) is 7.11 Å². The van der Waals surface area contributed by atoms with Crippen LogP contribution in [0.1, 0.15) is 32.1 Å². The zero-order chi connectivity index (χ0) is 15.7. The Morgan fingerprint density at radius 1 is 1.29 bits per heavy atom. The van der Waals surface area contributed by atoms with E-state index in [4.69, 9.17) is 9.84 Å². The number of nitrogens with one attached hydrogen (secondary N) is 2. The van der Waals surface area contributed by atoms with Crippen LogP contribution >= 0.6 is 0 Å². The van der Waals surface area contributed by atoms with Crippen molar-refractivity contribution in [2.24, 2.45) is 0 Å². The number of likely N-dealkylation sites (N-methyl/N-ethyl adjacent to an activating group) is 1. The topological polar surface area (TPSA) is 90.9 Å². The summed E-state index contributed by atoms with van der Waals surface area (Å²) < 4.78 is 4.98. The van der Waals surface area contributed by atoms with E-state index in [0.29, 0.717) is 13.2 Å². The highest BCUT2D eigenvalue weighted by Crippen LogP contribution is 2.32. The molecule has 7 heteroatoms. The summed E-state index contributed by atoms with van der Waals surface area (Å²) in [5.41, 5.74) is -0.572. The van der Waals surface area contributed by atoms with Gasteiger partial charge in [0.1, 0.15) is 0 Å². The summed E-state index contributed by atoms with van der Waals surface area (Å²) in [6, 6.07) is -0.279. The molecule has 1 aliphatic carbocycles. The Balaban J connectivity index is 2.29. The fourth-order valence-electron chi connectivity index (χ4n) is 2.69. The first-order chi connectivity index (χ1) is 9.97. The predicted molar refractivity (Wildman–Crippen MR) is 79.4 cm³/mol. The molecule has 0 radical (unpaired) electrons. The maximum Gasteiger partial charge on any atom is 0.315 e. The smallest absolute Gasteiger partial charge is 0.315 e. The van der Waals surface area contributed by atoms with E-state index in [-0.39, 0.29) is 12.5 Å². The van der Waals surface area contributed by atoms with Gasteiger partial charge in [-0.25, -0.2) is 4.79 Å². The molecule has 7 nitrogen and oxygen atoms in total. The second-order valence-electron chi connectivity index (χ2n) is 5.73. The molecule has 0 unspecified atom stereocenters. The zero-order valence-electron chi connectivity index (χ0n) is 13.0. The Hall–Kier alpha value is -1.34. The highest BCUT2D eigenvalue weighted by molar-refractivity contribution is 5.76. The maximum absolute atomic E-state index is 11.9. The van der Waals surface area contributed by atoms with E-state index in [1.165, 1.54) is 0 Å². The first-order valence-electron chi connectivity index (χ1n) is 7.43. The number of rotatable bonds is 9. The van der Waals surface area contributed by atoms with Gasteiger partial charge in [-0.3, -0.25) is 4.79 Å². The summed E-state index contributed by atoms with van der Waals surface area (Å²) in [6.07, 6.45) is 3.40. The molecule has 21 heavy (non-hydrogen) atoms. The van der Waals surface area contributed by atoms with Crippen molar-refractivity contribution in [3.05, 3.63) is 0 Å². The van der Waals surface area contributed by atoms with Crippen molar-refractivity contribution in [1.82, 2.24) is 15.5 Å². The van der Waals surface area contributed by atoms with Crippen molar-refractivity contribution >= 4 is 12.0 Å². The number of carboxylic acids is 1. The van der Waals surface area contributed by atoms with Gasteiger partial charge in [-0.05, 0) is 19.9 Å². The van der Waals surface area contributed by atoms with Crippen molar-refractivity contribution in [3.63, 3.8) is 0 Å². The lowest BCUT2D eigenvalue weighted by molar-refractivity contribution is -0.138. The van der Waals surface area contributed by atoms with E-state index in [0.717, 1.165) is 38.8 Å². The molecule has 1 rings (SSSR count). The van der Waals surface area contributed by atoms with Crippen molar-refractivity contribution in [2.75, 3.05) is 40.4 Å². The number of aliphatic carboxylic acids is 1. The van der Waals surface area contributed by atoms with Crippen LogP contribution in [0.4, 0.5) is 4.79 Å². The van der Waals surface area contributed by atoms with Gasteiger partial charge in [0.2, 0.25) is 0 Å². The molecule has 0 aromatic heterocycles. The molecular formula is C14H27N3O4. The monoisotopic (exact) mass is 301 g/mol. The van der Waals surface area contributed by atoms with Crippen LogP contribution in [0.25, 0.3) is 0 Å². The van der Waals surface area contributed by atoms with E-state index < -0.39 is 11.5 Å². The molecule has 0 saturated heterocycles. The third-order valence-electron chi connectivity index (χ3n) is 3.89. The Kier molecular flexibility index (Phi) is 7.45. The SMILES string of the molecule is COCCN(C)CCNC(=O)NC1(CC(=O)O)CCCC1. The lowest BCUT2D eigenvalue weighted by Crippen LogP contribution is -2.52. The molecular weight excluding hydrogens is 274 g/mol. The molecule has 0 aliphatic heterocycles. The summed E-state index contributed by atoms with van der Waals surface area (Å²) in [5.74, 6) is -0.864. The summed E-state index contributed by atoms with van der Waals surface area (Å²) in [6.45, 7) is 2.71. The molecule has 1 saturated carbocycles. The Bertz CT molecular complexity index is 343. The molecule has 0 atom stereocenters. The standard InChI is InChI=1S/C14H27N3O4/c1-17(9-10-21-2)8-7-15-13(20)16-14(11-12(18)19)5-3-4-6-14/h3-11H2,1-2H3,(H,18,19)(H2,15,16,20). The van der Waals surface area contributed by atoms with Crippen LogP contribution in [0, 0.1) is 0 Å². The average molecular weight is 301 g/mol. The number of nitrogens with zero attached hydrogens (tertiary/aromatic N) is 1. The third-order valence-corrected chi connectivity index (χ3v) is 3.89. The molecule has 2 amide bonds. The van der Waals surface area contributed by atoms with Gasteiger partial charge in [0, 0.05) is 26.7 Å². The van der Waals surface area contributed by atoms with Gasteiger partial charge in [0.15, 0.2) is 0 Å². The predicted octanol–water partition coefficient (Wildman–Crippen LogP) is 0.651. The van der Waals surface area contributed by atoms with Crippen LogP contribution in [0.2, 0.25) is 0 Å². The van der Waals surface area contributed by atoms with Crippen molar-refractivity contribution < 1.29 is 19.4 Å². The van der Waals surface area contributed by atoms with Gasteiger partial charge in [-0.2, -0.15) is 0 Å². The van der Waals surface area contributed by atoms with Crippen LogP contribution in [0.5, 0.6) is 0 Å². The van der Waals surface area contributed by atoms with Crippen molar-refractivity contribution in [3.8, 4) is 0 Å². The Morgan fingerprint density at radius 3 is 2.52 bits per heavy atom. The molecule has 0 spiro atoms. The van der Waals surface area contributed by atoms with Crippen LogP contribution in [0.15, 0.2) is 0 Å². The summed E-state index contributed by atoms with van der Waals surface area (Å²) in [7, 11) is 3.62. The van der Waals surface area contributed by atoms with Gasteiger partial charge in [0.25, 0.3) is 0 Å². The molecule has 1 fully saturated rings. The number of hydrogen-bond donors (Lipinski definition) is 3. The quantitative estimate of drug-likeness (QED) is 0.582. The number of carbonyl (C=O) groups excluding carboxylic acids is 1. The lowest BCUT2D eigenvalue weighted by Gasteiger charge is -2.29. The normalized spacial score (nSPS) is 16.9. The first kappa shape index (κ1) is 17.7. The third kappa shape index (κ3) is 6.77. The lowest BCUT2D eigenvalue weighted by atomic mass is 9.93. The van der Waals surface area contributed by atoms with Gasteiger partial charge < -0.3 is 25.4 Å². The molecule has 3 N–H and O–H groups in total. The Morgan fingerprint density at radius 2 is 1.95 bits per heavy atom. The number of hydrogen-bond acceptors (Lipinski definition) is 4. The van der Waals surface area contributed by atoms with Crippen molar-refractivity contribution in [1.29, 1.82) is 0 Å². The molecule has 0 aromatic rings.